The Morgan fingerprint density at radius 3 is 2.18 bits per heavy atom. The molecule has 0 fully saturated rings. The van der Waals surface area contributed by atoms with Crippen molar-refractivity contribution < 1.29 is 15.0 Å². The average molecular weight is 498 g/mol. The van der Waals surface area contributed by atoms with Crippen LogP contribution in [0.1, 0.15) is 52.8 Å². The molecule has 6 heteroatoms. The first kappa shape index (κ1) is 26.3. The van der Waals surface area contributed by atoms with E-state index < -0.39 is 11.6 Å². The van der Waals surface area contributed by atoms with Gasteiger partial charge in [-0.2, -0.15) is 0 Å². The van der Waals surface area contributed by atoms with E-state index in [4.69, 9.17) is 5.11 Å². The van der Waals surface area contributed by atoms with E-state index in [9.17, 15) is 9.90 Å². The molecule has 2 aromatic carbocycles. The summed E-state index contributed by atoms with van der Waals surface area (Å²) in [5.41, 5.74) is 9.77. The molecule has 3 aromatic rings. The third kappa shape index (κ3) is 5.68. The van der Waals surface area contributed by atoms with Gasteiger partial charge >= 0.3 is 5.97 Å². The maximum atomic E-state index is 11.8. The van der Waals surface area contributed by atoms with Gasteiger partial charge in [0.1, 0.15) is 0 Å². The minimum Gasteiger partial charge on any atom is -0.481 e. The third-order valence-electron chi connectivity index (χ3n) is 5.72. The number of aliphatic carboxylic acids is 1. The number of carbonyl (C=O) groups is 1. The Bertz CT molecular complexity index is 1200. The zero-order chi connectivity index (χ0) is 25.4. The zero-order valence-electron chi connectivity index (χ0n) is 21.4. The summed E-state index contributed by atoms with van der Waals surface area (Å²) in [5, 5.41) is 18.2. The molecule has 1 aromatic heterocycles. The summed E-state index contributed by atoms with van der Waals surface area (Å²) in [7, 11) is 0. The fourth-order valence-electron chi connectivity index (χ4n) is 4.43. The lowest BCUT2D eigenvalue weighted by Gasteiger charge is -2.34. The first-order chi connectivity index (χ1) is 15.8. The van der Waals surface area contributed by atoms with E-state index in [0.29, 0.717) is 0 Å². The molecule has 0 radical (unpaired) electrons. The number of hydrogen-bond acceptors (Lipinski definition) is 5. The van der Waals surface area contributed by atoms with Gasteiger partial charge in [-0.05, 0) is 82.3 Å². The van der Waals surface area contributed by atoms with Gasteiger partial charge in [0, 0.05) is 27.1 Å². The molecular weight excluding hydrogens is 462 g/mol. The van der Waals surface area contributed by atoms with E-state index >= 15 is 0 Å². The normalized spacial score (nSPS) is 12.6. The van der Waals surface area contributed by atoms with Gasteiger partial charge < -0.3 is 14.5 Å². The predicted octanol–water partition coefficient (Wildman–Crippen LogP) is 7.32. The van der Waals surface area contributed by atoms with Crippen LogP contribution in [0.2, 0.25) is 0 Å². The van der Waals surface area contributed by atoms with Gasteiger partial charge in [0.05, 0.1) is 24.3 Å². The van der Waals surface area contributed by atoms with Crippen LogP contribution in [0, 0.1) is 27.7 Å². The van der Waals surface area contributed by atoms with Crippen LogP contribution in [-0.4, -0.2) is 28.0 Å². The second kappa shape index (κ2) is 10.1. The van der Waals surface area contributed by atoms with Crippen molar-refractivity contribution in [2.75, 3.05) is 10.6 Å². The Kier molecular flexibility index (Phi) is 7.85. The average Bonchev–Trinajstić information content (AvgIpc) is 3.10. The molecule has 0 amide bonds. The number of hydrogen-bond donors (Lipinski definition) is 2. The SMILES string of the molecule is CC(C)(C)O.CSN1Cc2sc(C)cc2-c2c(C)c(-c3ccc(C)cc3)c(CC(=O)O)c(C)c21. The van der Waals surface area contributed by atoms with Crippen molar-refractivity contribution in [3.8, 4) is 22.3 Å². The number of rotatable bonds is 4. The summed E-state index contributed by atoms with van der Waals surface area (Å²) in [6.45, 7) is 14.6. The Morgan fingerprint density at radius 1 is 1.06 bits per heavy atom. The monoisotopic (exact) mass is 497 g/mol. The fourth-order valence-corrected chi connectivity index (χ4v) is 6.21. The van der Waals surface area contributed by atoms with Crippen molar-refractivity contribution in [2.45, 2.75) is 67.0 Å². The summed E-state index contributed by atoms with van der Waals surface area (Å²) in [6.07, 6.45) is 2.12. The number of thiophene rings is 1. The topological polar surface area (TPSA) is 60.8 Å². The molecular formula is C28H35NO3S2. The van der Waals surface area contributed by atoms with Crippen LogP contribution in [-0.2, 0) is 17.8 Å². The Hall–Kier alpha value is -2.28. The molecule has 0 saturated heterocycles. The summed E-state index contributed by atoms with van der Waals surface area (Å²) in [6, 6.07) is 10.7. The van der Waals surface area contributed by atoms with Crippen LogP contribution in [0.3, 0.4) is 0 Å². The number of anilines is 1. The highest BCUT2D eigenvalue weighted by molar-refractivity contribution is 7.99. The molecule has 182 valence electrons. The van der Waals surface area contributed by atoms with Crippen molar-refractivity contribution in [2.24, 2.45) is 0 Å². The summed E-state index contributed by atoms with van der Waals surface area (Å²) in [5.74, 6) is -0.792. The standard InChI is InChI=1S/C24H25NO2S2.C4H10O/c1-13-6-8-17(9-7-13)22-16(4)23-19-10-14(2)29-20(19)12-25(28-5)24(23)15(3)18(22)11-21(26)27;1-4(2,3)5/h6-10H,11-12H2,1-5H3,(H,26,27);5H,1-3H3. The molecule has 0 aliphatic carbocycles. The number of nitrogens with zero attached hydrogens (tertiary/aromatic N) is 1. The highest BCUT2D eigenvalue weighted by Gasteiger charge is 2.31. The minimum atomic E-state index is -0.792. The zero-order valence-corrected chi connectivity index (χ0v) is 23.0. The number of aliphatic hydroxyl groups is 1. The lowest BCUT2D eigenvalue weighted by Crippen LogP contribution is -2.21. The van der Waals surface area contributed by atoms with Gasteiger partial charge in [0.25, 0.3) is 0 Å². The number of carboxylic acid groups (broad SMARTS) is 1. The number of benzene rings is 2. The van der Waals surface area contributed by atoms with E-state index in [-0.39, 0.29) is 6.42 Å². The summed E-state index contributed by atoms with van der Waals surface area (Å²) >= 11 is 3.56. The van der Waals surface area contributed by atoms with Crippen molar-refractivity contribution in [1.82, 2.24) is 0 Å². The van der Waals surface area contributed by atoms with E-state index in [0.717, 1.165) is 28.8 Å². The van der Waals surface area contributed by atoms with Crippen LogP contribution in [0.25, 0.3) is 22.3 Å². The van der Waals surface area contributed by atoms with Gasteiger partial charge in [-0.25, -0.2) is 0 Å². The van der Waals surface area contributed by atoms with Crippen molar-refractivity contribution >= 4 is 34.9 Å². The molecule has 2 heterocycles. The molecule has 0 bridgehead atoms. The molecule has 0 saturated carbocycles. The van der Waals surface area contributed by atoms with Crippen LogP contribution in [0.15, 0.2) is 30.3 Å². The third-order valence-corrected chi connectivity index (χ3v) is 7.51. The minimum absolute atomic E-state index is 0.0287. The first-order valence-corrected chi connectivity index (χ1v) is 13.4. The number of fused-ring (bicyclic) bond motifs is 3. The lowest BCUT2D eigenvalue weighted by molar-refractivity contribution is -0.136. The molecule has 4 rings (SSSR count). The van der Waals surface area contributed by atoms with Crippen LogP contribution in [0.4, 0.5) is 5.69 Å². The maximum Gasteiger partial charge on any atom is 0.307 e. The van der Waals surface area contributed by atoms with Crippen molar-refractivity contribution in [1.29, 1.82) is 0 Å². The molecule has 0 atom stereocenters. The molecule has 0 spiro atoms. The highest BCUT2D eigenvalue weighted by Crippen LogP contribution is 2.51. The van der Waals surface area contributed by atoms with Gasteiger partial charge in [-0.3, -0.25) is 4.79 Å². The van der Waals surface area contributed by atoms with Gasteiger partial charge in [0.2, 0.25) is 0 Å². The quantitative estimate of drug-likeness (QED) is 0.370. The summed E-state index contributed by atoms with van der Waals surface area (Å²) < 4.78 is 2.32. The smallest absolute Gasteiger partial charge is 0.307 e. The predicted molar refractivity (Wildman–Crippen MR) is 147 cm³/mol. The number of carboxylic acids is 1. The molecule has 4 nitrogen and oxygen atoms in total. The van der Waals surface area contributed by atoms with E-state index in [2.05, 4.69) is 68.6 Å². The Balaban J connectivity index is 0.000000588. The Labute approximate surface area is 211 Å². The van der Waals surface area contributed by atoms with Crippen molar-refractivity contribution in [3.05, 3.63) is 62.3 Å². The second-order valence-corrected chi connectivity index (χ2v) is 12.0. The molecule has 1 aliphatic rings. The lowest BCUT2D eigenvalue weighted by atomic mass is 9.82. The van der Waals surface area contributed by atoms with Gasteiger partial charge in [-0.15, -0.1) is 11.3 Å². The Morgan fingerprint density at radius 2 is 1.65 bits per heavy atom. The van der Waals surface area contributed by atoms with E-state index in [1.165, 1.54) is 37.7 Å². The van der Waals surface area contributed by atoms with Gasteiger partial charge in [0.15, 0.2) is 0 Å². The molecule has 34 heavy (non-hydrogen) atoms. The molecule has 0 unspecified atom stereocenters. The molecule has 2 N–H and O–H groups in total. The largest absolute Gasteiger partial charge is 0.481 e. The van der Waals surface area contributed by atoms with Crippen molar-refractivity contribution in [3.63, 3.8) is 0 Å². The number of aryl methyl sites for hydroxylation is 2. The fraction of sp³-hybridized carbons (Fsp3) is 0.393. The van der Waals surface area contributed by atoms with E-state index in [1.807, 2.05) is 11.3 Å². The van der Waals surface area contributed by atoms with Crippen LogP contribution in [0.5, 0.6) is 0 Å². The highest BCUT2D eigenvalue weighted by atomic mass is 32.2. The first-order valence-electron chi connectivity index (χ1n) is 11.4. The van der Waals surface area contributed by atoms with Gasteiger partial charge in [-0.1, -0.05) is 41.8 Å². The molecule has 1 aliphatic heterocycles. The van der Waals surface area contributed by atoms with Crippen LogP contribution >= 0.6 is 23.3 Å². The van der Waals surface area contributed by atoms with E-state index in [1.54, 1.807) is 32.7 Å². The maximum absolute atomic E-state index is 11.8. The van der Waals surface area contributed by atoms with Crippen LogP contribution < -0.4 is 4.31 Å². The second-order valence-electron chi connectivity index (χ2n) is 9.85. The summed E-state index contributed by atoms with van der Waals surface area (Å²) in [4.78, 5) is 14.5.